The number of sulfonamides is 1. The molecule has 0 bridgehead atoms. The minimum atomic E-state index is -3.12. The molecular formula is C15H24N2O3S2. The van der Waals surface area contributed by atoms with Gasteiger partial charge in [0, 0.05) is 47.1 Å². The largest absolute Gasteiger partial charge is 0.309 e. The molecule has 124 valence electrons. The lowest BCUT2D eigenvalue weighted by molar-refractivity contribution is 0.363. The van der Waals surface area contributed by atoms with E-state index in [1.807, 2.05) is 24.3 Å². The molecule has 2 rings (SSSR count). The van der Waals surface area contributed by atoms with Gasteiger partial charge >= 0.3 is 0 Å². The van der Waals surface area contributed by atoms with Crippen molar-refractivity contribution in [3.63, 3.8) is 0 Å². The van der Waals surface area contributed by atoms with Crippen molar-refractivity contribution in [2.75, 3.05) is 25.6 Å². The molecule has 2 unspecified atom stereocenters. The van der Waals surface area contributed by atoms with Gasteiger partial charge in [0.15, 0.2) is 0 Å². The number of benzene rings is 1. The van der Waals surface area contributed by atoms with Crippen molar-refractivity contribution in [1.82, 2.24) is 9.62 Å². The summed E-state index contributed by atoms with van der Waals surface area (Å²) in [5.41, 5.74) is 1.11. The molecule has 1 aromatic carbocycles. The monoisotopic (exact) mass is 344 g/mol. The lowest BCUT2D eigenvalue weighted by Crippen LogP contribution is -2.41. The fourth-order valence-corrected chi connectivity index (χ4v) is 4.53. The first-order chi connectivity index (χ1) is 10.3. The smallest absolute Gasteiger partial charge is 0.211 e. The van der Waals surface area contributed by atoms with E-state index in [-0.39, 0.29) is 12.1 Å². The molecule has 1 heterocycles. The molecule has 5 nitrogen and oxygen atoms in total. The summed E-state index contributed by atoms with van der Waals surface area (Å²) < 4.78 is 36.4. The maximum atomic E-state index is 11.7. The second-order valence-corrected chi connectivity index (χ2v) is 9.14. The van der Waals surface area contributed by atoms with E-state index < -0.39 is 20.8 Å². The Balaban J connectivity index is 1.95. The summed E-state index contributed by atoms with van der Waals surface area (Å²) in [6, 6.07) is 7.86. The van der Waals surface area contributed by atoms with Gasteiger partial charge in [0.1, 0.15) is 0 Å². The average Bonchev–Trinajstić information content (AvgIpc) is 2.93. The average molecular weight is 345 g/mol. The van der Waals surface area contributed by atoms with Crippen LogP contribution >= 0.6 is 0 Å². The highest BCUT2D eigenvalue weighted by Crippen LogP contribution is 2.21. The van der Waals surface area contributed by atoms with E-state index in [9.17, 15) is 12.6 Å². The molecule has 22 heavy (non-hydrogen) atoms. The first-order valence-electron chi connectivity index (χ1n) is 7.42. The van der Waals surface area contributed by atoms with E-state index >= 15 is 0 Å². The highest BCUT2D eigenvalue weighted by atomic mass is 32.2. The summed E-state index contributed by atoms with van der Waals surface area (Å²) in [6.45, 7) is 3.32. The van der Waals surface area contributed by atoms with Gasteiger partial charge in [-0.05, 0) is 37.5 Å². The van der Waals surface area contributed by atoms with Gasteiger partial charge in [-0.15, -0.1) is 0 Å². The van der Waals surface area contributed by atoms with Gasteiger partial charge in [0.2, 0.25) is 10.0 Å². The van der Waals surface area contributed by atoms with Gasteiger partial charge in [-0.2, -0.15) is 4.31 Å². The van der Waals surface area contributed by atoms with Crippen molar-refractivity contribution in [2.24, 2.45) is 0 Å². The maximum Gasteiger partial charge on any atom is 0.211 e. The highest BCUT2D eigenvalue weighted by molar-refractivity contribution is 7.88. The lowest BCUT2D eigenvalue weighted by atomic mass is 10.1. The van der Waals surface area contributed by atoms with E-state index in [0.717, 1.165) is 23.3 Å². The van der Waals surface area contributed by atoms with Crippen molar-refractivity contribution in [1.29, 1.82) is 0 Å². The van der Waals surface area contributed by atoms with Crippen molar-refractivity contribution < 1.29 is 12.6 Å². The van der Waals surface area contributed by atoms with Crippen LogP contribution in [0, 0.1) is 0 Å². The zero-order valence-corrected chi connectivity index (χ0v) is 14.9. The van der Waals surface area contributed by atoms with Crippen LogP contribution in [0.1, 0.15) is 31.4 Å². The Kier molecular flexibility index (Phi) is 5.76. The molecule has 0 saturated carbocycles. The third kappa shape index (κ3) is 4.38. The van der Waals surface area contributed by atoms with E-state index in [2.05, 4.69) is 12.2 Å². The SMILES string of the molecule is CC(NC[C@H]1CCCN1S(C)(=O)=O)c1ccc(S(C)=O)cc1. The molecule has 0 aromatic heterocycles. The first-order valence-corrected chi connectivity index (χ1v) is 10.8. The third-order valence-electron chi connectivity index (χ3n) is 4.12. The van der Waals surface area contributed by atoms with Gasteiger partial charge in [-0.25, -0.2) is 8.42 Å². The van der Waals surface area contributed by atoms with E-state index in [0.29, 0.717) is 13.1 Å². The molecule has 1 saturated heterocycles. The van der Waals surface area contributed by atoms with Gasteiger partial charge in [0.25, 0.3) is 0 Å². The van der Waals surface area contributed by atoms with Crippen LogP contribution in [-0.2, 0) is 20.8 Å². The predicted octanol–water partition coefficient (Wildman–Crippen LogP) is 1.50. The molecule has 1 N–H and O–H groups in total. The van der Waals surface area contributed by atoms with Crippen LogP contribution in [0.3, 0.4) is 0 Å². The third-order valence-corrected chi connectivity index (χ3v) is 6.39. The topological polar surface area (TPSA) is 66.5 Å². The quantitative estimate of drug-likeness (QED) is 0.849. The number of rotatable bonds is 6. The molecule has 1 aliphatic rings. The molecule has 0 spiro atoms. The minimum Gasteiger partial charge on any atom is -0.309 e. The van der Waals surface area contributed by atoms with Gasteiger partial charge in [-0.3, -0.25) is 4.21 Å². The summed E-state index contributed by atoms with van der Waals surface area (Å²) in [5, 5.41) is 3.41. The Bertz CT molecular complexity index is 629. The fraction of sp³-hybridized carbons (Fsp3) is 0.600. The van der Waals surface area contributed by atoms with E-state index in [4.69, 9.17) is 0 Å². The molecule has 0 amide bonds. The standard InChI is InChI=1S/C15H24N2O3S2/c1-12(13-6-8-15(9-7-13)21(2)18)16-11-14-5-4-10-17(14)22(3,19)20/h6-9,12,14,16H,4-5,10-11H2,1-3H3/t12?,14-,21?/m1/s1. The Labute approximate surface area is 135 Å². The molecule has 0 radical (unpaired) electrons. The lowest BCUT2D eigenvalue weighted by Gasteiger charge is -2.24. The van der Waals surface area contributed by atoms with Crippen molar-refractivity contribution in [3.8, 4) is 0 Å². The van der Waals surface area contributed by atoms with Crippen molar-refractivity contribution >= 4 is 20.8 Å². The molecule has 1 fully saturated rings. The van der Waals surface area contributed by atoms with Crippen LogP contribution in [0.5, 0.6) is 0 Å². The fourth-order valence-electron chi connectivity index (χ4n) is 2.83. The molecule has 0 aliphatic carbocycles. The van der Waals surface area contributed by atoms with Crippen molar-refractivity contribution in [3.05, 3.63) is 29.8 Å². The number of nitrogens with one attached hydrogen (secondary N) is 1. The van der Waals surface area contributed by atoms with Crippen LogP contribution in [0.25, 0.3) is 0 Å². The Hall–Kier alpha value is -0.760. The van der Waals surface area contributed by atoms with Gasteiger partial charge in [-0.1, -0.05) is 12.1 Å². The highest BCUT2D eigenvalue weighted by Gasteiger charge is 2.31. The summed E-state index contributed by atoms with van der Waals surface area (Å²) in [6.07, 6.45) is 4.76. The predicted molar refractivity (Wildman–Crippen MR) is 89.8 cm³/mol. The summed E-state index contributed by atoms with van der Waals surface area (Å²) in [7, 11) is -4.08. The molecule has 1 aromatic rings. The van der Waals surface area contributed by atoms with Crippen LogP contribution < -0.4 is 5.32 Å². The van der Waals surface area contributed by atoms with Crippen LogP contribution in [0.2, 0.25) is 0 Å². The number of hydrogen-bond acceptors (Lipinski definition) is 4. The minimum absolute atomic E-state index is 0.0415. The maximum absolute atomic E-state index is 11.7. The first kappa shape index (κ1) is 17.6. The van der Waals surface area contributed by atoms with Crippen molar-refractivity contribution in [2.45, 2.75) is 36.7 Å². The summed E-state index contributed by atoms with van der Waals surface area (Å²) in [5.74, 6) is 0. The molecule has 3 atom stereocenters. The Morgan fingerprint density at radius 1 is 1.36 bits per heavy atom. The second-order valence-electron chi connectivity index (χ2n) is 5.82. The van der Waals surface area contributed by atoms with Crippen LogP contribution in [-0.4, -0.2) is 48.6 Å². The number of hydrogen-bond donors (Lipinski definition) is 1. The number of nitrogens with zero attached hydrogens (tertiary/aromatic N) is 1. The normalized spacial score (nSPS) is 22.6. The second kappa shape index (κ2) is 7.21. The molecule has 7 heteroatoms. The van der Waals surface area contributed by atoms with E-state index in [1.165, 1.54) is 6.26 Å². The Morgan fingerprint density at radius 3 is 2.55 bits per heavy atom. The summed E-state index contributed by atoms with van der Waals surface area (Å²) >= 11 is 0. The molecular weight excluding hydrogens is 320 g/mol. The van der Waals surface area contributed by atoms with E-state index in [1.54, 1.807) is 10.6 Å². The Morgan fingerprint density at radius 2 is 2.00 bits per heavy atom. The van der Waals surface area contributed by atoms with Gasteiger partial charge in [0.05, 0.1) is 6.26 Å². The van der Waals surface area contributed by atoms with Gasteiger partial charge < -0.3 is 5.32 Å². The zero-order valence-electron chi connectivity index (χ0n) is 13.3. The van der Waals surface area contributed by atoms with Crippen LogP contribution in [0.15, 0.2) is 29.2 Å². The summed E-state index contributed by atoms with van der Waals surface area (Å²) in [4.78, 5) is 0.815. The zero-order chi connectivity index (χ0) is 16.3. The molecule has 1 aliphatic heterocycles. The van der Waals surface area contributed by atoms with Crippen LogP contribution in [0.4, 0.5) is 0 Å².